The Bertz CT molecular complexity index is 567. The molecule has 0 spiro atoms. The minimum absolute atomic E-state index is 0.269. The summed E-state index contributed by atoms with van der Waals surface area (Å²) in [5.74, 6) is 1.03. The van der Waals surface area contributed by atoms with E-state index in [9.17, 15) is 9.18 Å². The Hall–Kier alpha value is -2.21. The van der Waals surface area contributed by atoms with E-state index in [-0.39, 0.29) is 5.82 Å². The number of aliphatic imine (C=N–C) groups is 1. The first-order valence-corrected chi connectivity index (χ1v) is 7.34. The van der Waals surface area contributed by atoms with Crippen molar-refractivity contribution in [2.45, 2.75) is 19.4 Å². The van der Waals surface area contributed by atoms with Gasteiger partial charge in [0, 0.05) is 25.4 Å². The summed E-state index contributed by atoms with van der Waals surface area (Å²) < 4.78 is 14.0. The molecule has 0 unspecified atom stereocenters. The number of nitrogens with zero attached hydrogens (tertiary/aromatic N) is 1. The molecule has 3 N–H and O–H groups in total. The molecule has 0 radical (unpaired) electrons. The molecule has 5 nitrogen and oxygen atoms in total. The topological polar surface area (TPSA) is 65.5 Å². The summed E-state index contributed by atoms with van der Waals surface area (Å²) in [7, 11) is 1.70. The molecule has 0 aromatic heterocycles. The van der Waals surface area contributed by atoms with Crippen LogP contribution in [0.5, 0.6) is 0 Å². The lowest BCUT2D eigenvalue weighted by atomic mass is 10.2. The van der Waals surface area contributed by atoms with E-state index in [1.807, 2.05) is 0 Å². The van der Waals surface area contributed by atoms with E-state index in [2.05, 4.69) is 20.9 Å². The fourth-order valence-electron chi connectivity index (χ4n) is 1.96. The zero-order valence-electron chi connectivity index (χ0n) is 12.6. The maximum atomic E-state index is 14.0. The number of hydrogen-bond donors (Lipinski definition) is 3. The summed E-state index contributed by atoms with van der Waals surface area (Å²) in [5, 5.41) is 8.53. The molecule has 22 heavy (non-hydrogen) atoms. The molecule has 6 heteroatoms. The molecule has 0 aliphatic heterocycles. The summed E-state index contributed by atoms with van der Waals surface area (Å²) in [6.07, 6.45) is 6.17. The zero-order chi connectivity index (χ0) is 15.8. The molecule has 0 heterocycles. The number of amides is 1. The maximum Gasteiger partial charge on any atom is 0.211 e. The van der Waals surface area contributed by atoms with Crippen molar-refractivity contribution in [2.75, 3.05) is 13.6 Å². The van der Waals surface area contributed by atoms with Crippen LogP contribution in [-0.4, -0.2) is 25.8 Å². The van der Waals surface area contributed by atoms with Gasteiger partial charge in [-0.05, 0) is 43.5 Å². The fraction of sp³-hybridized carbons (Fsp3) is 0.375. The van der Waals surface area contributed by atoms with Gasteiger partial charge in [-0.25, -0.2) is 9.38 Å². The van der Waals surface area contributed by atoms with E-state index < -0.39 is 0 Å². The molecule has 1 saturated carbocycles. The lowest BCUT2D eigenvalue weighted by Gasteiger charge is -2.06. The minimum atomic E-state index is -0.269. The first kappa shape index (κ1) is 16.2. The van der Waals surface area contributed by atoms with Crippen molar-refractivity contribution in [1.29, 1.82) is 0 Å². The van der Waals surface area contributed by atoms with Crippen LogP contribution in [0.3, 0.4) is 0 Å². The van der Waals surface area contributed by atoms with E-state index >= 15 is 0 Å². The number of carbonyl (C=O) groups excluding carboxylic acids is 1. The normalized spacial score (nSPS) is 15.1. The summed E-state index contributed by atoms with van der Waals surface area (Å²) in [6, 6.07) is 4.93. The van der Waals surface area contributed by atoms with E-state index in [0.717, 1.165) is 12.5 Å². The number of halogens is 1. The fourth-order valence-corrected chi connectivity index (χ4v) is 1.96. The number of benzene rings is 1. The number of rotatable bonds is 8. The van der Waals surface area contributed by atoms with E-state index in [1.165, 1.54) is 25.1 Å². The first-order valence-electron chi connectivity index (χ1n) is 7.34. The van der Waals surface area contributed by atoms with Gasteiger partial charge in [-0.15, -0.1) is 0 Å². The number of nitrogens with one attached hydrogen (secondary N) is 3. The van der Waals surface area contributed by atoms with E-state index in [4.69, 9.17) is 0 Å². The van der Waals surface area contributed by atoms with Gasteiger partial charge in [0.25, 0.3) is 0 Å². The summed E-state index contributed by atoms with van der Waals surface area (Å²) >= 11 is 0. The molecule has 0 saturated heterocycles. The summed E-state index contributed by atoms with van der Waals surface area (Å²) in [6.45, 7) is 1.49. The highest BCUT2D eigenvalue weighted by molar-refractivity contribution is 5.94. The molecular weight excluding hydrogens is 283 g/mol. The van der Waals surface area contributed by atoms with Crippen LogP contribution in [-0.2, 0) is 11.3 Å². The van der Waals surface area contributed by atoms with Crippen LogP contribution >= 0.6 is 0 Å². The number of carbonyl (C=O) groups is 1. The SMILES string of the molecule is CNC(/C=C\NC=O)=N/c1ccc(CNCC2CC2)c(F)c1. The third-order valence-electron chi connectivity index (χ3n) is 3.39. The van der Waals surface area contributed by atoms with Crippen LogP contribution < -0.4 is 16.0 Å². The van der Waals surface area contributed by atoms with Gasteiger partial charge < -0.3 is 16.0 Å². The average Bonchev–Trinajstić information content (AvgIpc) is 3.33. The van der Waals surface area contributed by atoms with Crippen LogP contribution in [0.4, 0.5) is 10.1 Å². The summed E-state index contributed by atoms with van der Waals surface area (Å²) in [4.78, 5) is 14.4. The quantitative estimate of drug-likeness (QED) is 0.390. The van der Waals surface area contributed by atoms with Crippen molar-refractivity contribution in [1.82, 2.24) is 16.0 Å². The highest BCUT2D eigenvalue weighted by Crippen LogP contribution is 2.27. The van der Waals surface area contributed by atoms with E-state index in [1.54, 1.807) is 25.3 Å². The second kappa shape index (κ2) is 8.29. The average molecular weight is 304 g/mol. The molecule has 1 aromatic carbocycles. The van der Waals surface area contributed by atoms with Gasteiger partial charge in [0.1, 0.15) is 11.7 Å². The second-order valence-corrected chi connectivity index (χ2v) is 5.21. The third kappa shape index (κ3) is 5.29. The van der Waals surface area contributed by atoms with Gasteiger partial charge in [-0.3, -0.25) is 4.79 Å². The van der Waals surface area contributed by atoms with Crippen LogP contribution in [0.2, 0.25) is 0 Å². The van der Waals surface area contributed by atoms with Gasteiger partial charge >= 0.3 is 0 Å². The van der Waals surface area contributed by atoms with Gasteiger partial charge in [0.15, 0.2) is 0 Å². The van der Waals surface area contributed by atoms with Crippen molar-refractivity contribution < 1.29 is 9.18 Å². The van der Waals surface area contributed by atoms with Crippen molar-refractivity contribution in [3.63, 3.8) is 0 Å². The molecule has 1 fully saturated rings. The third-order valence-corrected chi connectivity index (χ3v) is 3.39. The largest absolute Gasteiger partial charge is 0.373 e. The van der Waals surface area contributed by atoms with Crippen molar-refractivity contribution in [3.05, 3.63) is 41.9 Å². The Balaban J connectivity index is 1.98. The predicted octanol–water partition coefficient (Wildman–Crippen LogP) is 1.83. The van der Waals surface area contributed by atoms with Gasteiger partial charge in [0.05, 0.1) is 5.69 Å². The highest BCUT2D eigenvalue weighted by atomic mass is 19.1. The lowest BCUT2D eigenvalue weighted by molar-refractivity contribution is -0.108. The molecule has 1 aliphatic carbocycles. The summed E-state index contributed by atoms with van der Waals surface area (Å²) in [5.41, 5.74) is 1.16. The van der Waals surface area contributed by atoms with Crippen LogP contribution in [0, 0.1) is 11.7 Å². The minimum Gasteiger partial charge on any atom is -0.373 e. The van der Waals surface area contributed by atoms with Crippen LogP contribution in [0.15, 0.2) is 35.5 Å². The second-order valence-electron chi connectivity index (χ2n) is 5.21. The molecule has 0 bridgehead atoms. The number of hydrogen-bond acceptors (Lipinski definition) is 3. The van der Waals surface area contributed by atoms with Crippen LogP contribution in [0.25, 0.3) is 0 Å². The molecule has 1 aliphatic rings. The monoisotopic (exact) mass is 304 g/mol. The van der Waals surface area contributed by atoms with Crippen molar-refractivity contribution >= 4 is 17.9 Å². The Morgan fingerprint density at radius 1 is 1.45 bits per heavy atom. The van der Waals surface area contributed by atoms with Gasteiger partial charge in [0.2, 0.25) is 6.41 Å². The van der Waals surface area contributed by atoms with Crippen molar-refractivity contribution in [3.8, 4) is 0 Å². The van der Waals surface area contributed by atoms with E-state index in [0.29, 0.717) is 30.0 Å². The molecule has 1 aromatic rings. The van der Waals surface area contributed by atoms with Gasteiger partial charge in [-0.2, -0.15) is 0 Å². The smallest absolute Gasteiger partial charge is 0.211 e. The first-order chi connectivity index (χ1) is 10.7. The van der Waals surface area contributed by atoms with Crippen LogP contribution in [0.1, 0.15) is 18.4 Å². The molecule has 1 amide bonds. The predicted molar refractivity (Wildman–Crippen MR) is 85.3 cm³/mol. The lowest BCUT2D eigenvalue weighted by Crippen LogP contribution is -2.17. The van der Waals surface area contributed by atoms with Gasteiger partial charge in [-0.1, -0.05) is 6.07 Å². The zero-order valence-corrected chi connectivity index (χ0v) is 12.6. The number of likely N-dealkylation sites (N-methyl/N-ethyl adjacent to an activating group) is 1. The Morgan fingerprint density at radius 3 is 2.91 bits per heavy atom. The highest BCUT2D eigenvalue weighted by Gasteiger charge is 2.20. The Labute approximate surface area is 129 Å². The maximum absolute atomic E-state index is 14.0. The molecular formula is C16H21FN4O. The number of amidine groups is 1. The Kier molecular flexibility index (Phi) is 6.09. The Morgan fingerprint density at radius 2 is 2.27 bits per heavy atom. The molecule has 118 valence electrons. The van der Waals surface area contributed by atoms with Crippen molar-refractivity contribution in [2.24, 2.45) is 10.9 Å². The molecule has 0 atom stereocenters. The molecule has 2 rings (SSSR count). The standard InChI is InChI=1S/C16H21FN4O/c1-18-16(6-7-19-11-22)21-14-5-4-13(15(17)8-14)10-20-9-12-2-3-12/h4-8,11-12,20H,2-3,9-10H2,1H3,(H,18,21)(H,19,22)/b7-6-.